The first-order chi connectivity index (χ1) is 11.1. The molecule has 1 saturated carbocycles. The van der Waals surface area contributed by atoms with Gasteiger partial charge in [-0.05, 0) is 29.5 Å². The van der Waals surface area contributed by atoms with Crippen molar-refractivity contribution in [1.82, 2.24) is 15.6 Å². The van der Waals surface area contributed by atoms with Gasteiger partial charge in [-0.2, -0.15) is 0 Å². The average molecular weight is 368 g/mol. The topological polar surface area (TPSA) is 54.0 Å². The van der Waals surface area contributed by atoms with Gasteiger partial charge >= 0.3 is 0 Å². The number of hydrogen-bond acceptors (Lipinski definition) is 4. The van der Waals surface area contributed by atoms with Crippen LogP contribution >= 0.6 is 34.5 Å². The van der Waals surface area contributed by atoms with Crippen LogP contribution in [0, 0.1) is 11.8 Å². The van der Waals surface area contributed by atoms with E-state index in [1.807, 2.05) is 18.2 Å². The zero-order valence-corrected chi connectivity index (χ0v) is 14.5. The van der Waals surface area contributed by atoms with Gasteiger partial charge in [0.2, 0.25) is 0 Å². The molecule has 0 radical (unpaired) electrons. The largest absolute Gasteiger partial charge is 0.348 e. The molecule has 23 heavy (non-hydrogen) atoms. The fourth-order valence-electron chi connectivity index (χ4n) is 3.20. The highest BCUT2D eigenvalue weighted by atomic mass is 35.5. The minimum atomic E-state index is -0.0293. The van der Waals surface area contributed by atoms with Gasteiger partial charge in [0.25, 0.3) is 5.91 Å². The number of halogens is 2. The van der Waals surface area contributed by atoms with Crippen LogP contribution in [0.25, 0.3) is 0 Å². The van der Waals surface area contributed by atoms with Crippen molar-refractivity contribution >= 4 is 40.4 Å². The van der Waals surface area contributed by atoms with Crippen LogP contribution in [-0.2, 0) is 6.42 Å². The zero-order chi connectivity index (χ0) is 16.0. The fourth-order valence-corrected chi connectivity index (χ4v) is 4.57. The van der Waals surface area contributed by atoms with E-state index in [4.69, 9.17) is 23.2 Å². The normalized spacial score (nSPS) is 25.2. The Morgan fingerprint density at radius 1 is 1.30 bits per heavy atom. The summed E-state index contributed by atoms with van der Waals surface area (Å²) in [5, 5.41) is 8.51. The van der Waals surface area contributed by atoms with E-state index in [1.54, 1.807) is 6.20 Å². The molecule has 1 amide bonds. The third-order valence-electron chi connectivity index (χ3n) is 4.56. The minimum Gasteiger partial charge on any atom is -0.348 e. The molecular formula is C16H15Cl2N3OS. The highest BCUT2D eigenvalue weighted by molar-refractivity contribution is 7.13. The smallest absolute Gasteiger partial charge is 0.263 e. The summed E-state index contributed by atoms with van der Waals surface area (Å²) in [4.78, 5) is 17.3. The SMILES string of the molecule is O=C(NC1[C@H]2CNC[C@@H]12)c1cnc(Cc2c(Cl)cccc2Cl)s1. The standard InChI is InChI=1S/C16H15Cl2N3OS/c17-11-2-1-3-12(18)8(11)4-14-20-7-13(23-14)16(22)21-15-9-5-19-6-10(9)15/h1-3,7,9-10,15,19H,4-6H2,(H,21,22)/t9-,10+,15?. The molecule has 1 saturated heterocycles. The van der Waals surface area contributed by atoms with Gasteiger partial charge in [-0.3, -0.25) is 4.79 Å². The highest BCUT2D eigenvalue weighted by Crippen LogP contribution is 2.41. The maximum atomic E-state index is 12.3. The van der Waals surface area contributed by atoms with Crippen LogP contribution in [0.1, 0.15) is 20.2 Å². The second-order valence-electron chi connectivity index (χ2n) is 5.98. The molecule has 1 aromatic carbocycles. The number of nitrogens with zero attached hydrogens (tertiary/aromatic N) is 1. The van der Waals surface area contributed by atoms with E-state index >= 15 is 0 Å². The van der Waals surface area contributed by atoms with Crippen LogP contribution in [0.3, 0.4) is 0 Å². The predicted molar refractivity (Wildman–Crippen MR) is 92.5 cm³/mol. The molecule has 2 aliphatic rings. The molecule has 120 valence electrons. The second-order valence-corrected chi connectivity index (χ2v) is 7.91. The number of nitrogens with one attached hydrogen (secondary N) is 2. The summed E-state index contributed by atoms with van der Waals surface area (Å²) in [5.74, 6) is 1.18. The van der Waals surface area contributed by atoms with Gasteiger partial charge in [0.1, 0.15) is 4.88 Å². The Morgan fingerprint density at radius 3 is 2.70 bits per heavy atom. The van der Waals surface area contributed by atoms with Gasteiger partial charge in [0, 0.05) is 35.6 Å². The van der Waals surface area contributed by atoms with Crippen molar-refractivity contribution < 1.29 is 4.79 Å². The first kappa shape index (κ1) is 15.4. The third kappa shape index (κ3) is 2.98. The summed E-state index contributed by atoms with van der Waals surface area (Å²) in [5.41, 5.74) is 0.847. The van der Waals surface area contributed by atoms with Crippen molar-refractivity contribution in [2.24, 2.45) is 11.8 Å². The summed E-state index contributed by atoms with van der Waals surface area (Å²) in [6.07, 6.45) is 2.17. The summed E-state index contributed by atoms with van der Waals surface area (Å²) < 4.78 is 0. The molecule has 1 aromatic heterocycles. The number of carbonyl (C=O) groups is 1. The van der Waals surface area contributed by atoms with E-state index < -0.39 is 0 Å². The Balaban J connectivity index is 1.43. The quantitative estimate of drug-likeness (QED) is 0.873. The molecule has 1 aliphatic heterocycles. The Bertz CT molecular complexity index is 733. The van der Waals surface area contributed by atoms with Gasteiger partial charge in [-0.1, -0.05) is 29.3 Å². The Kier molecular flexibility index (Phi) is 4.05. The van der Waals surface area contributed by atoms with Gasteiger partial charge in [-0.15, -0.1) is 11.3 Å². The van der Waals surface area contributed by atoms with E-state index in [2.05, 4.69) is 15.6 Å². The highest BCUT2D eigenvalue weighted by Gasteiger charge is 2.53. The van der Waals surface area contributed by atoms with Crippen molar-refractivity contribution in [2.45, 2.75) is 12.5 Å². The van der Waals surface area contributed by atoms with Gasteiger partial charge in [0.05, 0.1) is 11.2 Å². The monoisotopic (exact) mass is 367 g/mol. The van der Waals surface area contributed by atoms with Crippen molar-refractivity contribution in [3.8, 4) is 0 Å². The average Bonchev–Trinajstić information content (AvgIpc) is 2.95. The summed E-state index contributed by atoms with van der Waals surface area (Å²) in [6, 6.07) is 5.76. The van der Waals surface area contributed by atoms with Gasteiger partial charge < -0.3 is 10.6 Å². The Hall–Kier alpha value is -1.14. The van der Waals surface area contributed by atoms with Gasteiger partial charge in [0.15, 0.2) is 0 Å². The lowest BCUT2D eigenvalue weighted by Crippen LogP contribution is -2.32. The van der Waals surface area contributed by atoms with E-state index in [0.29, 0.717) is 39.2 Å². The molecule has 0 bridgehead atoms. The number of benzene rings is 1. The first-order valence-electron chi connectivity index (χ1n) is 7.52. The van der Waals surface area contributed by atoms with E-state index in [-0.39, 0.29) is 5.91 Å². The Labute approximate surface area is 148 Å². The molecular weight excluding hydrogens is 353 g/mol. The molecule has 0 spiro atoms. The lowest BCUT2D eigenvalue weighted by molar-refractivity contribution is 0.0950. The minimum absolute atomic E-state index is 0.0293. The molecule has 4 rings (SSSR count). The number of hydrogen-bond donors (Lipinski definition) is 2. The van der Waals surface area contributed by atoms with Crippen molar-refractivity contribution in [1.29, 1.82) is 0 Å². The van der Waals surface area contributed by atoms with Crippen molar-refractivity contribution in [3.63, 3.8) is 0 Å². The Morgan fingerprint density at radius 2 is 2.00 bits per heavy atom. The number of carbonyl (C=O) groups excluding carboxylic acids is 1. The van der Waals surface area contributed by atoms with Crippen LogP contribution < -0.4 is 10.6 Å². The van der Waals surface area contributed by atoms with Crippen LogP contribution in [0.2, 0.25) is 10.0 Å². The molecule has 2 N–H and O–H groups in total. The maximum Gasteiger partial charge on any atom is 0.263 e. The molecule has 7 heteroatoms. The molecule has 2 aromatic rings. The number of amides is 1. The zero-order valence-electron chi connectivity index (χ0n) is 12.2. The van der Waals surface area contributed by atoms with Crippen molar-refractivity contribution in [2.75, 3.05) is 13.1 Å². The molecule has 1 aliphatic carbocycles. The summed E-state index contributed by atoms with van der Waals surface area (Å²) >= 11 is 13.8. The fraction of sp³-hybridized carbons (Fsp3) is 0.375. The van der Waals surface area contributed by atoms with Crippen molar-refractivity contribution in [3.05, 3.63) is 49.9 Å². The van der Waals surface area contributed by atoms with Crippen LogP contribution in [0.5, 0.6) is 0 Å². The third-order valence-corrected chi connectivity index (χ3v) is 6.26. The summed E-state index contributed by atoms with van der Waals surface area (Å²) in [6.45, 7) is 2.02. The lowest BCUT2D eigenvalue weighted by Gasteiger charge is -2.06. The molecule has 2 heterocycles. The number of piperidine rings is 1. The number of aromatic nitrogens is 1. The van der Waals surface area contributed by atoms with Crippen LogP contribution in [0.15, 0.2) is 24.4 Å². The number of fused-ring (bicyclic) bond motifs is 1. The van der Waals surface area contributed by atoms with E-state index in [1.165, 1.54) is 11.3 Å². The van der Waals surface area contributed by atoms with Crippen LogP contribution in [0.4, 0.5) is 0 Å². The van der Waals surface area contributed by atoms with Gasteiger partial charge in [-0.25, -0.2) is 4.98 Å². The van der Waals surface area contributed by atoms with E-state index in [9.17, 15) is 4.79 Å². The molecule has 4 nitrogen and oxygen atoms in total. The maximum absolute atomic E-state index is 12.3. The second kappa shape index (κ2) is 6.06. The molecule has 3 atom stereocenters. The predicted octanol–water partition coefficient (Wildman–Crippen LogP) is 2.99. The summed E-state index contributed by atoms with van der Waals surface area (Å²) in [7, 11) is 0. The molecule has 2 fully saturated rings. The number of rotatable bonds is 4. The van der Waals surface area contributed by atoms with E-state index in [0.717, 1.165) is 23.7 Å². The number of thiazole rings is 1. The first-order valence-corrected chi connectivity index (χ1v) is 9.10. The van der Waals surface area contributed by atoms with Crippen LogP contribution in [-0.4, -0.2) is 30.0 Å². The lowest BCUT2D eigenvalue weighted by atomic mass is 10.1. The molecule has 1 unspecified atom stereocenters.